The standard InChI is InChI=1S/C14H20N2O.2C2HF3O2/c17-14-5-8-16(10-12-1-2-12)13(14)9-11-3-6-15-7-4-11;2*3-2(4,5)1(6)7/h3-4,6-7,12-14,17H,1-2,5,8-10H2;2*(H,6,7)/t13-,14-;;/m0../s1. The highest BCUT2D eigenvalue weighted by Crippen LogP contribution is 2.33. The van der Waals surface area contributed by atoms with Crippen molar-refractivity contribution in [1.82, 2.24) is 9.88 Å². The number of aliphatic hydroxyl groups excluding tert-OH is 1. The van der Waals surface area contributed by atoms with Crippen LogP contribution in [0.5, 0.6) is 0 Å². The SMILES string of the molecule is O=C(O)C(F)(F)F.O=C(O)C(F)(F)F.O[C@H]1CCN(CC2CC2)[C@H]1Cc1ccncc1. The van der Waals surface area contributed by atoms with Gasteiger partial charge in [-0.05, 0) is 49.3 Å². The van der Waals surface area contributed by atoms with Crippen LogP contribution in [0.2, 0.25) is 0 Å². The average Bonchev–Trinajstić information content (AvgIpc) is 3.41. The van der Waals surface area contributed by atoms with Crippen LogP contribution in [-0.4, -0.2) is 74.7 Å². The molecule has 31 heavy (non-hydrogen) atoms. The van der Waals surface area contributed by atoms with E-state index in [0.29, 0.717) is 6.04 Å². The molecular formula is C18H22F6N2O5. The van der Waals surface area contributed by atoms with Gasteiger partial charge in [-0.15, -0.1) is 0 Å². The first-order valence-electron chi connectivity index (χ1n) is 9.13. The second-order valence-corrected chi connectivity index (χ2v) is 7.03. The quantitative estimate of drug-likeness (QED) is 0.593. The third kappa shape index (κ3) is 10.4. The molecule has 3 rings (SSSR count). The molecule has 0 bridgehead atoms. The number of aliphatic hydroxyl groups is 1. The zero-order valence-electron chi connectivity index (χ0n) is 16.1. The van der Waals surface area contributed by atoms with E-state index >= 15 is 0 Å². The van der Waals surface area contributed by atoms with Crippen molar-refractivity contribution in [1.29, 1.82) is 0 Å². The Hall–Kier alpha value is -2.41. The highest BCUT2D eigenvalue weighted by molar-refractivity contribution is 5.73. The predicted molar refractivity (Wildman–Crippen MR) is 94.0 cm³/mol. The van der Waals surface area contributed by atoms with Crippen LogP contribution in [-0.2, 0) is 16.0 Å². The van der Waals surface area contributed by atoms with Gasteiger partial charge in [-0.2, -0.15) is 26.3 Å². The largest absolute Gasteiger partial charge is 0.490 e. The maximum atomic E-state index is 10.6. The van der Waals surface area contributed by atoms with Crippen LogP contribution in [0.1, 0.15) is 24.8 Å². The Balaban J connectivity index is 0.000000288. The molecule has 2 aliphatic rings. The number of carboxylic acids is 2. The third-order valence-corrected chi connectivity index (χ3v) is 4.49. The fourth-order valence-corrected chi connectivity index (χ4v) is 2.78. The summed E-state index contributed by atoms with van der Waals surface area (Å²) in [5.41, 5.74) is 1.28. The molecule has 176 valence electrons. The van der Waals surface area contributed by atoms with Gasteiger partial charge in [0.25, 0.3) is 0 Å². The number of rotatable bonds is 4. The first-order chi connectivity index (χ1) is 14.2. The Morgan fingerprint density at radius 2 is 1.42 bits per heavy atom. The molecule has 0 unspecified atom stereocenters. The van der Waals surface area contributed by atoms with E-state index in [0.717, 1.165) is 25.3 Å². The van der Waals surface area contributed by atoms with Gasteiger partial charge in [0.05, 0.1) is 6.10 Å². The molecule has 7 nitrogen and oxygen atoms in total. The van der Waals surface area contributed by atoms with E-state index in [1.807, 2.05) is 12.4 Å². The topological polar surface area (TPSA) is 111 Å². The molecule has 2 heterocycles. The number of hydrogen-bond donors (Lipinski definition) is 3. The molecule has 0 aromatic carbocycles. The smallest absolute Gasteiger partial charge is 0.475 e. The van der Waals surface area contributed by atoms with E-state index in [1.165, 1.54) is 24.9 Å². The molecule has 1 saturated heterocycles. The second-order valence-electron chi connectivity index (χ2n) is 7.03. The van der Waals surface area contributed by atoms with Crippen molar-refractivity contribution in [3.8, 4) is 0 Å². The Bertz CT molecular complexity index is 686. The molecule has 0 amide bonds. The van der Waals surface area contributed by atoms with Crippen molar-refractivity contribution in [2.75, 3.05) is 13.1 Å². The highest BCUT2D eigenvalue weighted by Gasteiger charge is 2.39. The number of pyridine rings is 1. The summed E-state index contributed by atoms with van der Waals surface area (Å²) in [7, 11) is 0. The minimum Gasteiger partial charge on any atom is -0.475 e. The number of carbonyl (C=O) groups is 2. The maximum Gasteiger partial charge on any atom is 0.490 e. The van der Waals surface area contributed by atoms with Gasteiger partial charge in [0.2, 0.25) is 0 Å². The zero-order valence-corrected chi connectivity index (χ0v) is 16.1. The summed E-state index contributed by atoms with van der Waals surface area (Å²) in [6, 6.07) is 4.43. The first-order valence-corrected chi connectivity index (χ1v) is 9.13. The van der Waals surface area contributed by atoms with Gasteiger partial charge in [0.15, 0.2) is 0 Å². The fourth-order valence-electron chi connectivity index (χ4n) is 2.78. The summed E-state index contributed by atoms with van der Waals surface area (Å²) >= 11 is 0. The lowest BCUT2D eigenvalue weighted by Gasteiger charge is -2.26. The average molecular weight is 460 g/mol. The van der Waals surface area contributed by atoms with E-state index < -0.39 is 24.3 Å². The Kier molecular flexibility index (Phi) is 9.69. The molecule has 2 fully saturated rings. The van der Waals surface area contributed by atoms with Crippen LogP contribution in [0.4, 0.5) is 26.3 Å². The Morgan fingerprint density at radius 1 is 0.968 bits per heavy atom. The van der Waals surface area contributed by atoms with Gasteiger partial charge in [-0.25, -0.2) is 9.59 Å². The summed E-state index contributed by atoms with van der Waals surface area (Å²) in [5.74, 6) is -4.61. The zero-order chi connectivity index (χ0) is 23.8. The summed E-state index contributed by atoms with van der Waals surface area (Å²) in [6.07, 6.45) is -1.99. The van der Waals surface area contributed by atoms with E-state index in [1.54, 1.807) is 0 Å². The predicted octanol–water partition coefficient (Wildman–Crippen LogP) is 2.74. The molecule has 0 spiro atoms. The summed E-state index contributed by atoms with van der Waals surface area (Å²) < 4.78 is 63.5. The Labute approximate surface area is 173 Å². The number of likely N-dealkylation sites (tertiary alicyclic amines) is 1. The minimum atomic E-state index is -5.08. The monoisotopic (exact) mass is 460 g/mol. The lowest BCUT2D eigenvalue weighted by atomic mass is 10.0. The number of alkyl halides is 6. The molecule has 1 aromatic heterocycles. The summed E-state index contributed by atoms with van der Waals surface area (Å²) in [4.78, 5) is 24.3. The molecular weight excluding hydrogens is 438 g/mol. The van der Waals surface area contributed by atoms with Crippen molar-refractivity contribution in [2.24, 2.45) is 5.92 Å². The number of hydrogen-bond acceptors (Lipinski definition) is 5. The van der Waals surface area contributed by atoms with E-state index in [9.17, 15) is 31.4 Å². The van der Waals surface area contributed by atoms with Crippen molar-refractivity contribution < 1.29 is 51.3 Å². The lowest BCUT2D eigenvalue weighted by Crippen LogP contribution is -2.38. The van der Waals surface area contributed by atoms with Gasteiger partial charge in [0.1, 0.15) is 0 Å². The van der Waals surface area contributed by atoms with Crippen LogP contribution >= 0.6 is 0 Å². The van der Waals surface area contributed by atoms with Crippen LogP contribution in [0, 0.1) is 5.92 Å². The molecule has 1 saturated carbocycles. The molecule has 1 aromatic rings. The van der Waals surface area contributed by atoms with Gasteiger partial charge in [0, 0.05) is 31.5 Å². The van der Waals surface area contributed by atoms with Crippen molar-refractivity contribution in [3.05, 3.63) is 30.1 Å². The number of aromatic nitrogens is 1. The second kappa shape index (κ2) is 11.3. The number of aliphatic carboxylic acids is 2. The van der Waals surface area contributed by atoms with Gasteiger partial charge >= 0.3 is 24.3 Å². The molecule has 13 heteroatoms. The fraction of sp³-hybridized carbons (Fsp3) is 0.611. The van der Waals surface area contributed by atoms with Crippen LogP contribution in [0.3, 0.4) is 0 Å². The number of halogens is 6. The summed E-state index contributed by atoms with van der Waals surface area (Å²) in [5, 5.41) is 24.3. The first kappa shape index (κ1) is 26.6. The van der Waals surface area contributed by atoms with Gasteiger partial charge in [-0.1, -0.05) is 0 Å². The third-order valence-electron chi connectivity index (χ3n) is 4.49. The normalized spacial score (nSPS) is 21.4. The van der Waals surface area contributed by atoms with Crippen LogP contribution in [0.15, 0.2) is 24.5 Å². The van der Waals surface area contributed by atoms with E-state index in [2.05, 4.69) is 22.0 Å². The van der Waals surface area contributed by atoms with Crippen molar-refractivity contribution in [2.45, 2.75) is 50.2 Å². The molecule has 0 radical (unpaired) electrons. The molecule has 1 aliphatic heterocycles. The maximum absolute atomic E-state index is 10.6. The van der Waals surface area contributed by atoms with Gasteiger partial charge in [-0.3, -0.25) is 9.88 Å². The number of carboxylic acid groups (broad SMARTS) is 2. The van der Waals surface area contributed by atoms with E-state index in [4.69, 9.17) is 19.8 Å². The van der Waals surface area contributed by atoms with Crippen LogP contribution < -0.4 is 0 Å². The molecule has 3 N–H and O–H groups in total. The van der Waals surface area contributed by atoms with Gasteiger partial charge < -0.3 is 15.3 Å². The van der Waals surface area contributed by atoms with Crippen molar-refractivity contribution >= 4 is 11.9 Å². The molecule has 1 aliphatic carbocycles. The molecule has 2 atom stereocenters. The Morgan fingerprint density at radius 3 is 1.81 bits per heavy atom. The van der Waals surface area contributed by atoms with Crippen molar-refractivity contribution in [3.63, 3.8) is 0 Å². The highest BCUT2D eigenvalue weighted by atomic mass is 19.4. The van der Waals surface area contributed by atoms with E-state index in [-0.39, 0.29) is 6.10 Å². The number of nitrogens with zero attached hydrogens (tertiary/aromatic N) is 2. The lowest BCUT2D eigenvalue weighted by molar-refractivity contribution is -0.193. The van der Waals surface area contributed by atoms with Crippen LogP contribution in [0.25, 0.3) is 0 Å². The summed E-state index contributed by atoms with van der Waals surface area (Å²) in [6.45, 7) is 2.25. The minimum absolute atomic E-state index is 0.151.